The number of benzene rings is 1. The second-order valence-electron chi connectivity index (χ2n) is 5.38. The second-order valence-corrected chi connectivity index (χ2v) is 5.38. The van der Waals surface area contributed by atoms with Gasteiger partial charge in [0.05, 0.1) is 5.56 Å². The minimum Gasteiger partial charge on any atom is -0.349 e. The van der Waals surface area contributed by atoms with Crippen LogP contribution in [-0.4, -0.2) is 21.9 Å². The third-order valence-corrected chi connectivity index (χ3v) is 3.70. The van der Waals surface area contributed by atoms with Crippen molar-refractivity contribution in [3.63, 3.8) is 0 Å². The molecule has 22 heavy (non-hydrogen) atoms. The van der Waals surface area contributed by atoms with Gasteiger partial charge in [-0.2, -0.15) is 0 Å². The zero-order valence-electron chi connectivity index (χ0n) is 12.1. The Kier molecular flexibility index (Phi) is 4.27. The summed E-state index contributed by atoms with van der Waals surface area (Å²) >= 11 is 0. The highest BCUT2D eigenvalue weighted by atomic mass is 19.1. The summed E-state index contributed by atoms with van der Waals surface area (Å²) in [5.41, 5.74) is 1.13. The molecule has 1 saturated carbocycles. The summed E-state index contributed by atoms with van der Waals surface area (Å²) in [4.78, 5) is 20.3. The lowest BCUT2D eigenvalue weighted by atomic mass is 10.2. The Bertz CT molecular complexity index is 636. The molecule has 2 N–H and O–H groups in total. The maximum absolute atomic E-state index is 12.8. The molecular formula is C16H17FN4O. The standard InChI is InChI=1S/C16H17FN4O/c17-12-5-7-14(8-6-12)21-16-18-9-11(10-19-16)15(22)20-13-3-1-2-4-13/h5-10,13H,1-4H2,(H,20,22)(H,18,19,21). The number of carbonyl (C=O) groups excluding carboxylic acids is 1. The van der Waals surface area contributed by atoms with E-state index in [1.54, 1.807) is 12.1 Å². The Morgan fingerprint density at radius 2 is 1.73 bits per heavy atom. The topological polar surface area (TPSA) is 66.9 Å². The summed E-state index contributed by atoms with van der Waals surface area (Å²) in [6.07, 6.45) is 7.39. The van der Waals surface area contributed by atoms with E-state index in [2.05, 4.69) is 20.6 Å². The molecule has 0 unspecified atom stereocenters. The smallest absolute Gasteiger partial charge is 0.254 e. The molecule has 6 heteroatoms. The summed E-state index contributed by atoms with van der Waals surface area (Å²) < 4.78 is 12.8. The van der Waals surface area contributed by atoms with E-state index >= 15 is 0 Å². The van der Waals surface area contributed by atoms with Crippen molar-refractivity contribution in [2.45, 2.75) is 31.7 Å². The van der Waals surface area contributed by atoms with Crippen molar-refractivity contribution >= 4 is 17.5 Å². The summed E-state index contributed by atoms with van der Waals surface area (Å²) in [6.45, 7) is 0. The number of amides is 1. The fourth-order valence-corrected chi connectivity index (χ4v) is 2.51. The molecule has 5 nitrogen and oxygen atoms in total. The molecule has 1 heterocycles. The number of hydrogen-bond donors (Lipinski definition) is 2. The number of halogens is 1. The van der Waals surface area contributed by atoms with Crippen molar-refractivity contribution in [3.8, 4) is 0 Å². The molecule has 0 bridgehead atoms. The molecule has 1 aromatic carbocycles. The van der Waals surface area contributed by atoms with Gasteiger partial charge < -0.3 is 10.6 Å². The SMILES string of the molecule is O=C(NC1CCCC1)c1cnc(Nc2ccc(F)cc2)nc1. The van der Waals surface area contributed by atoms with Crippen molar-refractivity contribution in [2.24, 2.45) is 0 Å². The molecular weight excluding hydrogens is 283 g/mol. The molecule has 114 valence electrons. The molecule has 1 aromatic heterocycles. The van der Waals surface area contributed by atoms with Crippen LogP contribution in [0.3, 0.4) is 0 Å². The molecule has 0 atom stereocenters. The number of aromatic nitrogens is 2. The van der Waals surface area contributed by atoms with Crippen LogP contribution in [0.4, 0.5) is 16.0 Å². The minimum absolute atomic E-state index is 0.139. The first-order chi connectivity index (χ1) is 10.7. The highest BCUT2D eigenvalue weighted by Crippen LogP contribution is 2.18. The molecule has 2 aromatic rings. The Balaban J connectivity index is 1.61. The lowest BCUT2D eigenvalue weighted by molar-refractivity contribution is 0.0937. The predicted octanol–water partition coefficient (Wildman–Crippen LogP) is 3.03. The lowest BCUT2D eigenvalue weighted by Gasteiger charge is -2.11. The molecule has 1 fully saturated rings. The van der Waals surface area contributed by atoms with E-state index < -0.39 is 0 Å². The van der Waals surface area contributed by atoms with Crippen molar-refractivity contribution < 1.29 is 9.18 Å². The fourth-order valence-electron chi connectivity index (χ4n) is 2.51. The van der Waals surface area contributed by atoms with Crippen LogP contribution < -0.4 is 10.6 Å². The van der Waals surface area contributed by atoms with Crippen LogP contribution in [0, 0.1) is 5.82 Å². The predicted molar refractivity (Wildman–Crippen MR) is 81.4 cm³/mol. The van der Waals surface area contributed by atoms with Gasteiger partial charge in [0.2, 0.25) is 5.95 Å². The van der Waals surface area contributed by atoms with E-state index in [-0.39, 0.29) is 17.8 Å². The van der Waals surface area contributed by atoms with Gasteiger partial charge in [0, 0.05) is 24.1 Å². The second kappa shape index (κ2) is 6.51. The van der Waals surface area contributed by atoms with Gasteiger partial charge in [0.25, 0.3) is 5.91 Å². The molecule has 1 aliphatic carbocycles. The van der Waals surface area contributed by atoms with Crippen molar-refractivity contribution in [3.05, 3.63) is 48.0 Å². The van der Waals surface area contributed by atoms with Crippen molar-refractivity contribution in [1.29, 1.82) is 0 Å². The number of hydrogen-bond acceptors (Lipinski definition) is 4. The van der Waals surface area contributed by atoms with Crippen LogP contribution in [0.2, 0.25) is 0 Å². The molecule has 0 spiro atoms. The Hall–Kier alpha value is -2.50. The van der Waals surface area contributed by atoms with Gasteiger partial charge >= 0.3 is 0 Å². The van der Waals surface area contributed by atoms with E-state index in [0.29, 0.717) is 17.2 Å². The monoisotopic (exact) mass is 300 g/mol. The number of carbonyl (C=O) groups is 1. The highest BCUT2D eigenvalue weighted by molar-refractivity contribution is 5.93. The van der Waals surface area contributed by atoms with Gasteiger partial charge in [-0.25, -0.2) is 14.4 Å². The number of rotatable bonds is 4. The van der Waals surface area contributed by atoms with Gasteiger partial charge in [-0.1, -0.05) is 12.8 Å². The Morgan fingerprint density at radius 1 is 1.09 bits per heavy atom. The van der Waals surface area contributed by atoms with Gasteiger partial charge in [0.1, 0.15) is 5.82 Å². The Labute approximate surface area is 128 Å². The maximum Gasteiger partial charge on any atom is 0.254 e. The minimum atomic E-state index is -0.301. The third kappa shape index (κ3) is 3.58. The van der Waals surface area contributed by atoms with Crippen LogP contribution in [-0.2, 0) is 0 Å². The van der Waals surface area contributed by atoms with Crippen LogP contribution >= 0.6 is 0 Å². The number of nitrogens with one attached hydrogen (secondary N) is 2. The molecule has 1 aliphatic rings. The van der Waals surface area contributed by atoms with E-state index in [9.17, 15) is 9.18 Å². The van der Waals surface area contributed by atoms with Gasteiger partial charge in [-0.15, -0.1) is 0 Å². The molecule has 3 rings (SSSR count). The van der Waals surface area contributed by atoms with Gasteiger partial charge in [-0.05, 0) is 37.1 Å². The van der Waals surface area contributed by atoms with E-state index in [0.717, 1.165) is 12.8 Å². The van der Waals surface area contributed by atoms with E-state index in [1.165, 1.54) is 37.4 Å². The van der Waals surface area contributed by atoms with Crippen molar-refractivity contribution in [2.75, 3.05) is 5.32 Å². The molecule has 1 amide bonds. The summed E-state index contributed by atoms with van der Waals surface area (Å²) in [5.74, 6) is -0.0744. The summed E-state index contributed by atoms with van der Waals surface area (Å²) in [5, 5.41) is 5.94. The lowest BCUT2D eigenvalue weighted by Crippen LogP contribution is -2.32. The average Bonchev–Trinajstić information content (AvgIpc) is 3.03. The van der Waals surface area contributed by atoms with Crippen LogP contribution in [0.5, 0.6) is 0 Å². The van der Waals surface area contributed by atoms with E-state index in [1.807, 2.05) is 0 Å². The van der Waals surface area contributed by atoms with E-state index in [4.69, 9.17) is 0 Å². The molecule has 0 aliphatic heterocycles. The van der Waals surface area contributed by atoms with Crippen LogP contribution in [0.1, 0.15) is 36.0 Å². The average molecular weight is 300 g/mol. The summed E-state index contributed by atoms with van der Waals surface area (Å²) in [6, 6.07) is 6.17. The first-order valence-corrected chi connectivity index (χ1v) is 7.36. The third-order valence-electron chi connectivity index (χ3n) is 3.70. The van der Waals surface area contributed by atoms with Gasteiger partial charge in [0.15, 0.2) is 0 Å². The normalized spacial score (nSPS) is 14.8. The van der Waals surface area contributed by atoms with Gasteiger partial charge in [-0.3, -0.25) is 4.79 Å². The van der Waals surface area contributed by atoms with Crippen LogP contribution in [0.25, 0.3) is 0 Å². The highest BCUT2D eigenvalue weighted by Gasteiger charge is 2.18. The fraction of sp³-hybridized carbons (Fsp3) is 0.312. The number of nitrogens with zero attached hydrogens (tertiary/aromatic N) is 2. The Morgan fingerprint density at radius 3 is 2.36 bits per heavy atom. The van der Waals surface area contributed by atoms with Crippen molar-refractivity contribution in [1.82, 2.24) is 15.3 Å². The maximum atomic E-state index is 12.8. The van der Waals surface area contributed by atoms with Crippen LogP contribution in [0.15, 0.2) is 36.7 Å². The first-order valence-electron chi connectivity index (χ1n) is 7.36. The molecule has 0 saturated heterocycles. The summed E-state index contributed by atoms with van der Waals surface area (Å²) in [7, 11) is 0. The quantitative estimate of drug-likeness (QED) is 0.911. The zero-order chi connectivity index (χ0) is 15.4. The molecule has 0 radical (unpaired) electrons. The first kappa shape index (κ1) is 14.4. The largest absolute Gasteiger partial charge is 0.349 e. The zero-order valence-corrected chi connectivity index (χ0v) is 12.1. The number of anilines is 2.